The van der Waals surface area contributed by atoms with Gasteiger partial charge in [-0.3, -0.25) is 9.59 Å². The maximum absolute atomic E-state index is 11.9. The second kappa shape index (κ2) is 7.73. The predicted octanol–water partition coefficient (Wildman–Crippen LogP) is 0.754. The van der Waals surface area contributed by atoms with Crippen LogP contribution in [0, 0.1) is 0 Å². The third kappa shape index (κ3) is 5.55. The second-order valence-electron chi connectivity index (χ2n) is 4.85. The number of furan rings is 1. The van der Waals surface area contributed by atoms with Gasteiger partial charge in [0.15, 0.2) is 0 Å². The van der Waals surface area contributed by atoms with E-state index in [2.05, 4.69) is 10.5 Å². The van der Waals surface area contributed by atoms with Crippen molar-refractivity contribution in [3.05, 3.63) is 53.5 Å². The molecule has 2 aromatic rings. The van der Waals surface area contributed by atoms with E-state index in [0.29, 0.717) is 11.5 Å². The molecule has 1 aromatic heterocycles. The number of nitrogens with zero attached hydrogens (tertiary/aromatic N) is 1. The molecule has 0 spiro atoms. The first-order valence-electron chi connectivity index (χ1n) is 6.94. The van der Waals surface area contributed by atoms with Gasteiger partial charge in [-0.1, -0.05) is 0 Å². The fourth-order valence-electron chi connectivity index (χ4n) is 1.73. The quantitative estimate of drug-likeness (QED) is 0.440. The van der Waals surface area contributed by atoms with Crippen molar-refractivity contribution in [1.82, 2.24) is 5.43 Å². The molecule has 0 unspecified atom stereocenters. The van der Waals surface area contributed by atoms with E-state index in [1.54, 1.807) is 12.1 Å². The third-order valence-corrected chi connectivity index (χ3v) is 3.83. The molecule has 9 nitrogen and oxygen atoms in total. The lowest BCUT2D eigenvalue weighted by Crippen LogP contribution is -2.18. The standard InChI is InChI=1S/C15H15N3O6S/c1-10(19)23-9-13-5-4-12(24-13)8-17-18-15(20)11-2-6-14(7-3-11)25(16,21)22/h2-8H,9H2,1H3,(H,18,20)(H2,16,21,22). The number of hydrogen-bond donors (Lipinski definition) is 2. The van der Waals surface area contributed by atoms with Crippen LogP contribution in [-0.4, -0.2) is 26.5 Å². The monoisotopic (exact) mass is 365 g/mol. The van der Waals surface area contributed by atoms with Gasteiger partial charge in [0.25, 0.3) is 5.91 Å². The summed E-state index contributed by atoms with van der Waals surface area (Å²) >= 11 is 0. The Morgan fingerprint density at radius 3 is 2.52 bits per heavy atom. The van der Waals surface area contributed by atoms with Crippen LogP contribution < -0.4 is 10.6 Å². The molecule has 0 aliphatic carbocycles. The van der Waals surface area contributed by atoms with Crippen molar-refractivity contribution in [2.75, 3.05) is 0 Å². The number of rotatable bonds is 6. The van der Waals surface area contributed by atoms with Crippen LogP contribution in [-0.2, 0) is 26.2 Å². The van der Waals surface area contributed by atoms with Crippen LogP contribution in [0.4, 0.5) is 0 Å². The molecule has 0 bridgehead atoms. The van der Waals surface area contributed by atoms with Crippen LogP contribution in [0.3, 0.4) is 0 Å². The van der Waals surface area contributed by atoms with E-state index < -0.39 is 21.9 Å². The number of amides is 1. The molecule has 25 heavy (non-hydrogen) atoms. The highest BCUT2D eigenvalue weighted by Crippen LogP contribution is 2.09. The van der Waals surface area contributed by atoms with Crippen LogP contribution in [0.1, 0.15) is 28.8 Å². The fraction of sp³-hybridized carbons (Fsp3) is 0.133. The Kier molecular flexibility index (Phi) is 5.67. The molecule has 1 aromatic carbocycles. The molecule has 0 fully saturated rings. The number of esters is 1. The van der Waals surface area contributed by atoms with Crippen LogP contribution in [0.5, 0.6) is 0 Å². The SMILES string of the molecule is CC(=O)OCc1ccc(C=NNC(=O)c2ccc(S(N)(=O)=O)cc2)o1. The highest BCUT2D eigenvalue weighted by molar-refractivity contribution is 7.89. The van der Waals surface area contributed by atoms with Crippen LogP contribution in [0.15, 0.2) is 50.8 Å². The van der Waals surface area contributed by atoms with Crippen molar-refractivity contribution in [1.29, 1.82) is 0 Å². The van der Waals surface area contributed by atoms with E-state index in [1.807, 2.05) is 0 Å². The van der Waals surface area contributed by atoms with Crippen LogP contribution in [0.2, 0.25) is 0 Å². The van der Waals surface area contributed by atoms with Crippen molar-refractivity contribution >= 4 is 28.1 Å². The summed E-state index contributed by atoms with van der Waals surface area (Å²) in [5.74, 6) is -0.176. The van der Waals surface area contributed by atoms with E-state index in [9.17, 15) is 18.0 Å². The normalized spacial score (nSPS) is 11.4. The summed E-state index contributed by atoms with van der Waals surface area (Å²) in [6, 6.07) is 8.28. The number of benzene rings is 1. The number of hydrogen-bond acceptors (Lipinski definition) is 7. The van der Waals surface area contributed by atoms with Gasteiger partial charge in [-0.05, 0) is 36.4 Å². The Morgan fingerprint density at radius 2 is 1.92 bits per heavy atom. The Hall–Kier alpha value is -2.98. The molecule has 10 heteroatoms. The van der Waals surface area contributed by atoms with Crippen molar-refractivity contribution in [3.8, 4) is 0 Å². The second-order valence-corrected chi connectivity index (χ2v) is 6.41. The van der Waals surface area contributed by atoms with Gasteiger partial charge in [-0.2, -0.15) is 5.10 Å². The predicted molar refractivity (Wildman–Crippen MR) is 87.1 cm³/mol. The maximum Gasteiger partial charge on any atom is 0.303 e. The molecule has 0 saturated heterocycles. The van der Waals surface area contributed by atoms with Gasteiger partial charge in [-0.25, -0.2) is 19.0 Å². The highest BCUT2D eigenvalue weighted by Gasteiger charge is 2.10. The Morgan fingerprint density at radius 1 is 1.24 bits per heavy atom. The minimum atomic E-state index is -3.81. The number of hydrazone groups is 1. The number of carbonyl (C=O) groups is 2. The first kappa shape index (κ1) is 18.4. The zero-order valence-corrected chi connectivity index (χ0v) is 13.9. The summed E-state index contributed by atoms with van der Waals surface area (Å²) in [6.07, 6.45) is 1.27. The fourth-order valence-corrected chi connectivity index (χ4v) is 2.24. The van der Waals surface area contributed by atoms with Gasteiger partial charge in [-0.15, -0.1) is 0 Å². The summed E-state index contributed by atoms with van der Waals surface area (Å²) < 4.78 is 32.4. The average Bonchev–Trinajstić information content (AvgIpc) is 3.00. The van der Waals surface area contributed by atoms with Crippen LogP contribution >= 0.6 is 0 Å². The lowest BCUT2D eigenvalue weighted by atomic mass is 10.2. The minimum absolute atomic E-state index is 0.00588. The van der Waals surface area contributed by atoms with Crippen LogP contribution in [0.25, 0.3) is 0 Å². The van der Waals surface area contributed by atoms with Crippen molar-refractivity contribution in [3.63, 3.8) is 0 Å². The molecular formula is C15H15N3O6S. The molecule has 0 radical (unpaired) electrons. The number of ether oxygens (including phenoxy) is 1. The van der Waals surface area contributed by atoms with Crippen molar-refractivity contribution in [2.45, 2.75) is 18.4 Å². The molecule has 0 atom stereocenters. The Bertz CT molecular complexity index is 900. The molecule has 1 heterocycles. The van der Waals surface area contributed by atoms with Gasteiger partial charge in [0.2, 0.25) is 10.0 Å². The van der Waals surface area contributed by atoms with Gasteiger partial charge in [0.1, 0.15) is 18.1 Å². The zero-order chi connectivity index (χ0) is 18.4. The van der Waals surface area contributed by atoms with E-state index in [1.165, 1.54) is 37.4 Å². The van der Waals surface area contributed by atoms with Gasteiger partial charge in [0.05, 0.1) is 11.1 Å². The molecule has 2 rings (SSSR count). The number of nitrogens with two attached hydrogens (primary N) is 1. The van der Waals surface area contributed by atoms with E-state index in [-0.39, 0.29) is 17.1 Å². The largest absolute Gasteiger partial charge is 0.458 e. The maximum atomic E-state index is 11.9. The number of carbonyl (C=O) groups excluding carboxylic acids is 2. The summed E-state index contributed by atoms with van der Waals surface area (Å²) in [7, 11) is -3.81. The van der Waals surface area contributed by atoms with Crippen molar-refractivity contribution < 1.29 is 27.2 Å². The highest BCUT2D eigenvalue weighted by atomic mass is 32.2. The Balaban J connectivity index is 1.93. The average molecular weight is 365 g/mol. The number of sulfonamides is 1. The smallest absolute Gasteiger partial charge is 0.303 e. The molecule has 0 aliphatic rings. The summed E-state index contributed by atoms with van der Waals surface area (Å²) in [6.45, 7) is 1.29. The molecule has 0 saturated carbocycles. The number of nitrogens with one attached hydrogen (secondary N) is 1. The molecule has 3 N–H and O–H groups in total. The molecule has 132 valence electrons. The van der Waals surface area contributed by atoms with Gasteiger partial charge >= 0.3 is 5.97 Å². The zero-order valence-electron chi connectivity index (χ0n) is 13.1. The lowest BCUT2D eigenvalue weighted by molar-refractivity contribution is -0.142. The first-order valence-corrected chi connectivity index (χ1v) is 8.48. The minimum Gasteiger partial charge on any atom is -0.458 e. The molecule has 1 amide bonds. The van der Waals surface area contributed by atoms with E-state index >= 15 is 0 Å². The van der Waals surface area contributed by atoms with E-state index in [0.717, 1.165) is 0 Å². The van der Waals surface area contributed by atoms with E-state index in [4.69, 9.17) is 14.3 Å². The first-order chi connectivity index (χ1) is 11.8. The number of primary sulfonamides is 1. The Labute approximate surface area is 143 Å². The molecular weight excluding hydrogens is 350 g/mol. The summed E-state index contributed by atoms with van der Waals surface area (Å²) in [5, 5.41) is 8.71. The van der Waals surface area contributed by atoms with Gasteiger partial charge < -0.3 is 9.15 Å². The topological polar surface area (TPSA) is 141 Å². The molecule has 0 aliphatic heterocycles. The summed E-state index contributed by atoms with van der Waals surface area (Å²) in [5.41, 5.74) is 2.48. The lowest BCUT2D eigenvalue weighted by Gasteiger charge is -2.01. The van der Waals surface area contributed by atoms with Gasteiger partial charge in [0, 0.05) is 12.5 Å². The third-order valence-electron chi connectivity index (χ3n) is 2.90. The summed E-state index contributed by atoms with van der Waals surface area (Å²) in [4.78, 5) is 22.5. The van der Waals surface area contributed by atoms with Crippen molar-refractivity contribution in [2.24, 2.45) is 10.2 Å².